The second-order valence-electron chi connectivity index (χ2n) is 8.64. The molecule has 10 nitrogen and oxygen atoms in total. The minimum Gasteiger partial charge on any atom is -0.490 e. The molecule has 10 heteroatoms. The maximum absolute atomic E-state index is 12.6. The Morgan fingerprint density at radius 1 is 1.14 bits per heavy atom. The van der Waals surface area contributed by atoms with Gasteiger partial charge in [-0.25, -0.2) is 5.43 Å². The van der Waals surface area contributed by atoms with E-state index >= 15 is 0 Å². The molecular weight excluding hydrogens is 452 g/mol. The lowest BCUT2D eigenvalue weighted by Gasteiger charge is -2.21. The van der Waals surface area contributed by atoms with Gasteiger partial charge in [0.05, 0.1) is 18.2 Å². The second-order valence-corrected chi connectivity index (χ2v) is 8.64. The van der Waals surface area contributed by atoms with Gasteiger partial charge in [0.1, 0.15) is 11.8 Å². The first-order chi connectivity index (χ1) is 16.8. The minimum atomic E-state index is -0.836. The predicted molar refractivity (Wildman–Crippen MR) is 131 cm³/mol. The van der Waals surface area contributed by atoms with E-state index in [0.717, 1.165) is 19.3 Å². The number of carbonyl (C=O) groups excluding carboxylic acids is 2. The van der Waals surface area contributed by atoms with Gasteiger partial charge in [-0.05, 0) is 67.0 Å². The van der Waals surface area contributed by atoms with Crippen molar-refractivity contribution in [2.75, 3.05) is 13.7 Å². The number of nitro benzene ring substituents is 1. The molecule has 1 aliphatic rings. The summed E-state index contributed by atoms with van der Waals surface area (Å²) < 4.78 is 10.6. The number of hydrogen-bond donors (Lipinski definition) is 2. The Balaban J connectivity index is 1.55. The highest BCUT2D eigenvalue weighted by Gasteiger charge is 2.24. The van der Waals surface area contributed by atoms with E-state index in [-0.39, 0.29) is 24.0 Å². The van der Waals surface area contributed by atoms with Crippen molar-refractivity contribution in [1.29, 1.82) is 0 Å². The van der Waals surface area contributed by atoms with Crippen LogP contribution in [0.3, 0.4) is 0 Å². The fourth-order valence-corrected chi connectivity index (χ4v) is 3.87. The Morgan fingerprint density at radius 2 is 1.89 bits per heavy atom. The van der Waals surface area contributed by atoms with Crippen LogP contribution < -0.4 is 20.2 Å². The summed E-state index contributed by atoms with van der Waals surface area (Å²) in [5, 5.41) is 17.7. The first-order valence-corrected chi connectivity index (χ1v) is 11.5. The van der Waals surface area contributed by atoms with Crippen molar-refractivity contribution in [3.05, 3.63) is 63.2 Å². The van der Waals surface area contributed by atoms with Crippen molar-refractivity contribution < 1.29 is 24.0 Å². The highest BCUT2D eigenvalue weighted by molar-refractivity contribution is 5.89. The number of methoxy groups -OCH3 is 1. The largest absolute Gasteiger partial charge is 0.490 e. The fraction of sp³-hybridized carbons (Fsp3) is 0.400. The molecule has 0 saturated carbocycles. The highest BCUT2D eigenvalue weighted by Crippen LogP contribution is 2.27. The summed E-state index contributed by atoms with van der Waals surface area (Å²) in [6.07, 6.45) is 5.71. The molecule has 0 fully saturated rings. The summed E-state index contributed by atoms with van der Waals surface area (Å²) in [6, 6.07) is 9.35. The summed E-state index contributed by atoms with van der Waals surface area (Å²) in [7, 11) is 1.34. The van der Waals surface area contributed by atoms with Gasteiger partial charge in [0.15, 0.2) is 12.4 Å². The van der Waals surface area contributed by atoms with E-state index in [1.54, 1.807) is 19.9 Å². The third-order valence-electron chi connectivity index (χ3n) is 5.74. The van der Waals surface area contributed by atoms with E-state index in [2.05, 4.69) is 15.8 Å². The second kappa shape index (κ2) is 12.0. The number of ether oxygens (including phenoxy) is 2. The number of nitrogens with zero attached hydrogens (tertiary/aromatic N) is 2. The number of hydrogen-bond acceptors (Lipinski definition) is 7. The topological polar surface area (TPSA) is 132 Å². The van der Waals surface area contributed by atoms with E-state index in [4.69, 9.17) is 9.47 Å². The molecule has 1 unspecified atom stereocenters. The maximum atomic E-state index is 12.6. The first-order valence-electron chi connectivity index (χ1n) is 11.5. The van der Waals surface area contributed by atoms with Crippen molar-refractivity contribution in [3.63, 3.8) is 0 Å². The van der Waals surface area contributed by atoms with E-state index in [0.29, 0.717) is 11.3 Å². The van der Waals surface area contributed by atoms with Crippen LogP contribution in [0.2, 0.25) is 0 Å². The lowest BCUT2D eigenvalue weighted by atomic mass is 9.92. The van der Waals surface area contributed by atoms with Gasteiger partial charge in [-0.1, -0.05) is 19.9 Å². The molecule has 0 bridgehead atoms. The van der Waals surface area contributed by atoms with Crippen LogP contribution >= 0.6 is 0 Å². The van der Waals surface area contributed by atoms with Gasteiger partial charge in [0.2, 0.25) is 0 Å². The number of rotatable bonds is 10. The van der Waals surface area contributed by atoms with Crippen LogP contribution in [0.1, 0.15) is 43.4 Å². The van der Waals surface area contributed by atoms with Crippen LogP contribution in [0.5, 0.6) is 11.5 Å². The fourth-order valence-electron chi connectivity index (χ4n) is 3.87. The molecule has 2 aromatic carbocycles. The number of nitro groups is 1. The summed E-state index contributed by atoms with van der Waals surface area (Å²) in [5.74, 6) is -0.395. The summed E-state index contributed by atoms with van der Waals surface area (Å²) in [6.45, 7) is 3.38. The monoisotopic (exact) mass is 482 g/mol. The Labute approximate surface area is 203 Å². The molecule has 0 aliphatic heterocycles. The zero-order valence-corrected chi connectivity index (χ0v) is 20.1. The SMILES string of the molecule is COc1ccc(C=NNC(=O)C(NC(=O)COc2ccc3c(c2)CCCC3)C(C)C)cc1[N+](=O)[O-]. The van der Waals surface area contributed by atoms with Gasteiger partial charge in [0.25, 0.3) is 11.8 Å². The quantitative estimate of drug-likeness (QED) is 0.304. The molecule has 0 heterocycles. The number of amides is 2. The molecule has 1 atom stereocenters. The van der Waals surface area contributed by atoms with E-state index in [9.17, 15) is 19.7 Å². The maximum Gasteiger partial charge on any atom is 0.311 e. The molecule has 0 radical (unpaired) electrons. The summed E-state index contributed by atoms with van der Waals surface area (Å²) >= 11 is 0. The number of hydrazone groups is 1. The molecule has 2 aromatic rings. The molecule has 186 valence electrons. The zero-order valence-electron chi connectivity index (χ0n) is 20.1. The lowest BCUT2D eigenvalue weighted by molar-refractivity contribution is -0.385. The van der Waals surface area contributed by atoms with E-state index < -0.39 is 22.8 Å². The number of benzene rings is 2. The van der Waals surface area contributed by atoms with Crippen LogP contribution in [0.15, 0.2) is 41.5 Å². The zero-order chi connectivity index (χ0) is 25.4. The van der Waals surface area contributed by atoms with Gasteiger partial charge in [-0.3, -0.25) is 19.7 Å². The van der Waals surface area contributed by atoms with Crippen LogP contribution in [-0.2, 0) is 22.4 Å². The number of nitrogens with one attached hydrogen (secondary N) is 2. The predicted octanol–water partition coefficient (Wildman–Crippen LogP) is 3.15. The molecule has 35 heavy (non-hydrogen) atoms. The van der Waals surface area contributed by atoms with Crippen molar-refractivity contribution in [2.24, 2.45) is 11.0 Å². The van der Waals surface area contributed by atoms with Gasteiger partial charge >= 0.3 is 5.69 Å². The lowest BCUT2D eigenvalue weighted by Crippen LogP contribution is -2.49. The third kappa shape index (κ3) is 7.02. The van der Waals surface area contributed by atoms with Crippen LogP contribution in [0, 0.1) is 16.0 Å². The number of fused-ring (bicyclic) bond motifs is 1. The normalized spacial score (nSPS) is 13.7. The van der Waals surface area contributed by atoms with Crippen molar-refractivity contribution in [1.82, 2.24) is 10.7 Å². The molecule has 0 spiro atoms. The summed E-state index contributed by atoms with van der Waals surface area (Å²) in [5.41, 5.74) is 5.15. The molecule has 2 amide bonds. The minimum absolute atomic E-state index is 0.122. The Kier molecular flexibility index (Phi) is 8.77. The first kappa shape index (κ1) is 25.7. The van der Waals surface area contributed by atoms with Crippen molar-refractivity contribution >= 4 is 23.7 Å². The average molecular weight is 483 g/mol. The van der Waals surface area contributed by atoms with Gasteiger partial charge < -0.3 is 14.8 Å². The standard InChI is InChI=1S/C25H30N4O6/c1-16(2)24(25(31)28-26-14-17-8-11-22(34-3)21(12-17)29(32)33)27-23(30)15-35-20-10-9-18-6-4-5-7-19(18)13-20/h8-14,16,24H,4-7,15H2,1-3H3,(H,27,30)(H,28,31). The molecule has 0 saturated heterocycles. The number of carbonyl (C=O) groups is 2. The van der Waals surface area contributed by atoms with Gasteiger partial charge in [-0.15, -0.1) is 0 Å². The molecule has 0 aromatic heterocycles. The van der Waals surface area contributed by atoms with Crippen molar-refractivity contribution in [2.45, 2.75) is 45.6 Å². The molecular formula is C25H30N4O6. The summed E-state index contributed by atoms with van der Waals surface area (Å²) in [4.78, 5) is 35.6. The Bertz CT molecular complexity index is 1120. The Morgan fingerprint density at radius 3 is 2.57 bits per heavy atom. The van der Waals surface area contributed by atoms with Crippen LogP contribution in [-0.4, -0.2) is 42.7 Å². The third-order valence-corrected chi connectivity index (χ3v) is 5.74. The van der Waals surface area contributed by atoms with E-state index in [1.807, 2.05) is 18.2 Å². The van der Waals surface area contributed by atoms with Gasteiger partial charge in [-0.2, -0.15) is 5.10 Å². The smallest absolute Gasteiger partial charge is 0.311 e. The molecule has 3 rings (SSSR count). The number of aryl methyl sites for hydroxylation is 2. The van der Waals surface area contributed by atoms with E-state index in [1.165, 1.54) is 43.0 Å². The molecule has 1 aliphatic carbocycles. The van der Waals surface area contributed by atoms with Crippen LogP contribution in [0.25, 0.3) is 0 Å². The molecule has 2 N–H and O–H groups in total. The van der Waals surface area contributed by atoms with Crippen LogP contribution in [0.4, 0.5) is 5.69 Å². The van der Waals surface area contributed by atoms with Crippen molar-refractivity contribution in [3.8, 4) is 11.5 Å². The van der Waals surface area contributed by atoms with Gasteiger partial charge in [0, 0.05) is 11.6 Å². The average Bonchev–Trinajstić information content (AvgIpc) is 2.85. The highest BCUT2D eigenvalue weighted by atomic mass is 16.6. The Hall–Kier alpha value is -3.95.